The molecule has 1 aromatic heterocycles. The highest BCUT2D eigenvalue weighted by Crippen LogP contribution is 2.43. The molecule has 1 N–H and O–H groups in total. The van der Waals surface area contributed by atoms with Crippen LogP contribution in [0.4, 0.5) is 0 Å². The molecule has 0 amide bonds. The maximum atomic E-state index is 10.8. The molecule has 2 unspecified atom stereocenters. The molecule has 0 bridgehead atoms. The first-order valence-electron chi connectivity index (χ1n) is 6.68. The van der Waals surface area contributed by atoms with Crippen molar-refractivity contribution in [1.29, 1.82) is 0 Å². The van der Waals surface area contributed by atoms with Gasteiger partial charge < -0.3 is 5.11 Å². The molecule has 1 aromatic carbocycles. The standard InChI is InChI=1S/C16H17BrOS/c1-10-14(9-15(17)19-10)16(18)13-8-4-6-11-5-2-3-7-12(11)13/h2-3,5,7,9,13,16,18H,4,6,8H2,1H3. The SMILES string of the molecule is Cc1sc(Br)cc1C(O)C1CCCc2ccccc21. The lowest BCUT2D eigenvalue weighted by Crippen LogP contribution is -2.17. The first-order chi connectivity index (χ1) is 9.16. The Morgan fingerprint density at radius 3 is 2.89 bits per heavy atom. The number of thiophene rings is 1. The quantitative estimate of drug-likeness (QED) is 0.820. The fraction of sp³-hybridized carbons (Fsp3) is 0.375. The van der Waals surface area contributed by atoms with E-state index in [4.69, 9.17) is 0 Å². The molecule has 1 aliphatic rings. The number of aryl methyl sites for hydroxylation is 2. The monoisotopic (exact) mass is 336 g/mol. The topological polar surface area (TPSA) is 20.2 Å². The van der Waals surface area contributed by atoms with Crippen LogP contribution in [-0.4, -0.2) is 5.11 Å². The maximum Gasteiger partial charge on any atom is 0.0869 e. The molecule has 2 atom stereocenters. The van der Waals surface area contributed by atoms with Crippen molar-refractivity contribution in [2.75, 3.05) is 0 Å². The van der Waals surface area contributed by atoms with Crippen molar-refractivity contribution in [2.45, 2.75) is 38.2 Å². The maximum absolute atomic E-state index is 10.8. The second kappa shape index (κ2) is 5.39. The van der Waals surface area contributed by atoms with Gasteiger partial charge in [0, 0.05) is 10.8 Å². The lowest BCUT2D eigenvalue weighted by molar-refractivity contribution is 0.136. The number of rotatable bonds is 2. The normalized spacial score (nSPS) is 20.1. The second-order valence-electron chi connectivity index (χ2n) is 5.20. The molecule has 0 saturated heterocycles. The molecule has 0 aliphatic heterocycles. The van der Waals surface area contributed by atoms with Crippen LogP contribution in [-0.2, 0) is 6.42 Å². The lowest BCUT2D eigenvalue weighted by atomic mass is 9.78. The third-order valence-corrected chi connectivity index (χ3v) is 5.61. The van der Waals surface area contributed by atoms with Crippen molar-refractivity contribution in [3.05, 3.63) is 55.7 Å². The summed E-state index contributed by atoms with van der Waals surface area (Å²) in [5, 5.41) is 10.8. The Bertz CT molecular complexity index is 590. The Hall–Kier alpha value is -0.640. The molecular formula is C16H17BrOS. The number of aliphatic hydroxyl groups excluding tert-OH is 1. The first-order valence-corrected chi connectivity index (χ1v) is 8.29. The summed E-state index contributed by atoms with van der Waals surface area (Å²) in [6, 6.07) is 10.6. The summed E-state index contributed by atoms with van der Waals surface area (Å²) in [4.78, 5) is 1.21. The van der Waals surface area contributed by atoms with E-state index in [0.717, 1.165) is 22.2 Å². The highest BCUT2D eigenvalue weighted by Gasteiger charge is 2.28. The Kier molecular flexibility index (Phi) is 3.79. The average molecular weight is 337 g/mol. The number of aliphatic hydroxyl groups is 1. The summed E-state index contributed by atoms with van der Waals surface area (Å²) in [5.41, 5.74) is 3.83. The van der Waals surface area contributed by atoms with Gasteiger partial charge in [-0.1, -0.05) is 24.3 Å². The van der Waals surface area contributed by atoms with Crippen LogP contribution in [0.2, 0.25) is 0 Å². The third-order valence-electron chi connectivity index (χ3n) is 4.04. The van der Waals surface area contributed by atoms with Gasteiger partial charge in [-0.15, -0.1) is 11.3 Å². The van der Waals surface area contributed by atoms with Crippen molar-refractivity contribution in [3.8, 4) is 0 Å². The molecule has 1 heterocycles. The Morgan fingerprint density at radius 1 is 1.37 bits per heavy atom. The van der Waals surface area contributed by atoms with Crippen molar-refractivity contribution in [3.63, 3.8) is 0 Å². The van der Waals surface area contributed by atoms with Crippen LogP contribution in [0.3, 0.4) is 0 Å². The molecule has 19 heavy (non-hydrogen) atoms. The van der Waals surface area contributed by atoms with Gasteiger partial charge >= 0.3 is 0 Å². The zero-order valence-corrected chi connectivity index (χ0v) is 13.3. The van der Waals surface area contributed by atoms with Crippen LogP contribution in [0.25, 0.3) is 0 Å². The Labute approximate surface area is 126 Å². The van der Waals surface area contributed by atoms with E-state index in [1.807, 2.05) is 0 Å². The van der Waals surface area contributed by atoms with E-state index in [0.29, 0.717) is 0 Å². The summed E-state index contributed by atoms with van der Waals surface area (Å²) in [6.45, 7) is 2.09. The molecule has 0 saturated carbocycles. The molecule has 100 valence electrons. The van der Waals surface area contributed by atoms with Gasteiger partial charge in [-0.25, -0.2) is 0 Å². The highest BCUT2D eigenvalue weighted by molar-refractivity contribution is 9.11. The lowest BCUT2D eigenvalue weighted by Gasteiger charge is -2.29. The van der Waals surface area contributed by atoms with Crippen molar-refractivity contribution >= 4 is 27.3 Å². The van der Waals surface area contributed by atoms with Crippen LogP contribution >= 0.6 is 27.3 Å². The first kappa shape index (κ1) is 13.3. The van der Waals surface area contributed by atoms with Crippen LogP contribution in [0, 0.1) is 6.92 Å². The molecule has 0 spiro atoms. The third kappa shape index (κ3) is 2.51. The largest absolute Gasteiger partial charge is 0.388 e. The van der Waals surface area contributed by atoms with Gasteiger partial charge in [0.2, 0.25) is 0 Å². The predicted molar refractivity (Wildman–Crippen MR) is 83.8 cm³/mol. The Balaban J connectivity index is 1.97. The van der Waals surface area contributed by atoms with Gasteiger partial charge in [-0.3, -0.25) is 0 Å². The van der Waals surface area contributed by atoms with E-state index < -0.39 is 0 Å². The van der Waals surface area contributed by atoms with Crippen molar-refractivity contribution in [2.24, 2.45) is 0 Å². The summed E-state index contributed by atoms with van der Waals surface area (Å²) in [7, 11) is 0. The zero-order valence-electron chi connectivity index (χ0n) is 10.9. The smallest absolute Gasteiger partial charge is 0.0869 e. The Morgan fingerprint density at radius 2 is 2.16 bits per heavy atom. The van der Waals surface area contributed by atoms with E-state index in [9.17, 15) is 5.11 Å². The fourth-order valence-corrected chi connectivity index (χ4v) is 4.84. The second-order valence-corrected chi connectivity index (χ2v) is 7.84. The number of hydrogen-bond donors (Lipinski definition) is 1. The van der Waals surface area contributed by atoms with E-state index in [1.54, 1.807) is 11.3 Å². The van der Waals surface area contributed by atoms with Crippen LogP contribution in [0.1, 0.15) is 46.4 Å². The summed E-state index contributed by atoms with van der Waals surface area (Å²) in [6.07, 6.45) is 3.00. The molecule has 0 fully saturated rings. The van der Waals surface area contributed by atoms with E-state index in [2.05, 4.69) is 53.2 Å². The van der Waals surface area contributed by atoms with Gasteiger partial charge in [-0.05, 0) is 64.9 Å². The minimum absolute atomic E-state index is 0.241. The van der Waals surface area contributed by atoms with Gasteiger partial charge in [0.25, 0.3) is 0 Å². The van der Waals surface area contributed by atoms with Gasteiger partial charge in [0.05, 0.1) is 9.89 Å². The summed E-state index contributed by atoms with van der Waals surface area (Å²) in [5.74, 6) is 0.241. The number of benzene rings is 1. The molecule has 1 nitrogen and oxygen atoms in total. The number of fused-ring (bicyclic) bond motifs is 1. The molecule has 1 aliphatic carbocycles. The summed E-state index contributed by atoms with van der Waals surface area (Å²) < 4.78 is 1.10. The number of hydrogen-bond acceptors (Lipinski definition) is 2. The molecular weight excluding hydrogens is 320 g/mol. The zero-order chi connectivity index (χ0) is 13.4. The molecule has 3 heteroatoms. The van der Waals surface area contributed by atoms with Crippen molar-refractivity contribution in [1.82, 2.24) is 0 Å². The van der Waals surface area contributed by atoms with Crippen LogP contribution in [0.15, 0.2) is 34.1 Å². The average Bonchev–Trinajstić information content (AvgIpc) is 2.76. The molecule has 0 radical (unpaired) electrons. The molecule has 2 aromatic rings. The molecule has 3 rings (SSSR count). The minimum atomic E-state index is -0.385. The van der Waals surface area contributed by atoms with E-state index in [1.165, 1.54) is 22.4 Å². The van der Waals surface area contributed by atoms with Gasteiger partial charge in [0.1, 0.15) is 0 Å². The van der Waals surface area contributed by atoms with Crippen molar-refractivity contribution < 1.29 is 5.11 Å². The summed E-state index contributed by atoms with van der Waals surface area (Å²) >= 11 is 5.21. The minimum Gasteiger partial charge on any atom is -0.388 e. The van der Waals surface area contributed by atoms with E-state index >= 15 is 0 Å². The predicted octanol–water partition coefficient (Wildman–Crippen LogP) is 4.97. The number of halogens is 1. The van der Waals surface area contributed by atoms with E-state index in [-0.39, 0.29) is 12.0 Å². The van der Waals surface area contributed by atoms with Crippen LogP contribution < -0.4 is 0 Å². The van der Waals surface area contributed by atoms with Crippen LogP contribution in [0.5, 0.6) is 0 Å². The highest BCUT2D eigenvalue weighted by atomic mass is 79.9. The van der Waals surface area contributed by atoms with Gasteiger partial charge in [-0.2, -0.15) is 0 Å². The fourth-order valence-electron chi connectivity index (χ4n) is 3.09. The van der Waals surface area contributed by atoms with Gasteiger partial charge in [0.15, 0.2) is 0 Å².